The van der Waals surface area contributed by atoms with Crippen molar-refractivity contribution in [2.45, 2.75) is 53.0 Å². The molecule has 0 saturated carbocycles. The molecule has 3 rings (SSSR count). The summed E-state index contributed by atoms with van der Waals surface area (Å²) in [6, 6.07) is 3.77. The normalized spacial score (nSPS) is 11.8. The van der Waals surface area contributed by atoms with Crippen LogP contribution in [-0.4, -0.2) is 51.0 Å². The number of aromatic nitrogens is 6. The zero-order valence-electron chi connectivity index (χ0n) is 18.2. The first-order valence-electron chi connectivity index (χ1n) is 9.79. The van der Waals surface area contributed by atoms with Gasteiger partial charge in [-0.1, -0.05) is 0 Å². The van der Waals surface area contributed by atoms with Crippen molar-refractivity contribution in [3.63, 3.8) is 0 Å². The van der Waals surface area contributed by atoms with Crippen LogP contribution in [-0.2, 0) is 16.6 Å². The number of sulfonamides is 1. The minimum absolute atomic E-state index is 0.205. The third-order valence-corrected chi connectivity index (χ3v) is 6.37. The number of rotatable bonds is 8. The van der Waals surface area contributed by atoms with Crippen molar-refractivity contribution in [1.82, 2.24) is 34.3 Å². The molecule has 0 saturated heterocycles. The Kier molecular flexibility index (Phi) is 6.22. The Labute approximate surface area is 176 Å². The fraction of sp³-hybridized carbons (Fsp3) is 0.474. The predicted molar refractivity (Wildman–Crippen MR) is 114 cm³/mol. The molecule has 162 valence electrons. The second-order valence-corrected chi connectivity index (χ2v) is 8.84. The van der Waals surface area contributed by atoms with Crippen LogP contribution < -0.4 is 10.0 Å². The monoisotopic (exact) mass is 432 g/mol. The highest BCUT2D eigenvalue weighted by Gasteiger charge is 2.23. The molecule has 0 aliphatic rings. The van der Waals surface area contributed by atoms with Crippen LogP contribution in [0.3, 0.4) is 0 Å². The summed E-state index contributed by atoms with van der Waals surface area (Å²) in [6.45, 7) is 12.3. The number of anilines is 1. The van der Waals surface area contributed by atoms with Crippen molar-refractivity contribution in [3.05, 3.63) is 40.7 Å². The summed E-state index contributed by atoms with van der Waals surface area (Å²) in [4.78, 5) is 9.06. The van der Waals surface area contributed by atoms with Crippen LogP contribution in [0.5, 0.6) is 0 Å². The van der Waals surface area contributed by atoms with E-state index < -0.39 is 10.0 Å². The molecule has 3 aromatic rings. The molecule has 0 radical (unpaired) electrons. The highest BCUT2D eigenvalue weighted by atomic mass is 32.2. The van der Waals surface area contributed by atoms with Crippen molar-refractivity contribution in [1.29, 1.82) is 0 Å². The minimum Gasteiger partial charge on any atom is -0.369 e. The molecular formula is C19H28N8O2S. The second-order valence-electron chi connectivity index (χ2n) is 7.14. The lowest BCUT2D eigenvalue weighted by Crippen LogP contribution is -2.30. The highest BCUT2D eigenvalue weighted by molar-refractivity contribution is 7.89. The fourth-order valence-corrected chi connectivity index (χ4v) is 4.88. The highest BCUT2D eigenvalue weighted by Crippen LogP contribution is 2.19. The van der Waals surface area contributed by atoms with Crippen molar-refractivity contribution in [2.24, 2.45) is 0 Å². The van der Waals surface area contributed by atoms with Gasteiger partial charge in [0.1, 0.15) is 16.5 Å². The topological polar surface area (TPSA) is 120 Å². The number of hydrogen-bond acceptors (Lipinski definition) is 7. The predicted octanol–water partition coefficient (Wildman–Crippen LogP) is 1.81. The van der Waals surface area contributed by atoms with Crippen molar-refractivity contribution < 1.29 is 8.42 Å². The van der Waals surface area contributed by atoms with E-state index >= 15 is 0 Å². The molecule has 2 N–H and O–H groups in total. The summed E-state index contributed by atoms with van der Waals surface area (Å²) in [5.74, 6) is 1.87. The van der Waals surface area contributed by atoms with Crippen LogP contribution in [0.25, 0.3) is 5.82 Å². The number of hydrogen-bond donors (Lipinski definition) is 2. The smallest absolute Gasteiger partial charge is 0.244 e. The molecule has 0 unspecified atom stereocenters. The van der Waals surface area contributed by atoms with Crippen LogP contribution >= 0.6 is 0 Å². The molecule has 0 bridgehead atoms. The lowest BCUT2D eigenvalue weighted by atomic mass is 10.4. The van der Waals surface area contributed by atoms with E-state index in [1.54, 1.807) is 36.2 Å². The van der Waals surface area contributed by atoms with Crippen LogP contribution in [0.2, 0.25) is 0 Å². The van der Waals surface area contributed by atoms with E-state index in [0.29, 0.717) is 41.9 Å². The molecule has 30 heavy (non-hydrogen) atoms. The minimum atomic E-state index is -3.65. The van der Waals surface area contributed by atoms with E-state index in [1.165, 1.54) is 0 Å². The molecule has 0 amide bonds. The summed E-state index contributed by atoms with van der Waals surface area (Å²) in [5, 5.41) is 11.9. The van der Waals surface area contributed by atoms with Gasteiger partial charge in [-0.25, -0.2) is 27.8 Å². The van der Waals surface area contributed by atoms with Gasteiger partial charge >= 0.3 is 0 Å². The Morgan fingerprint density at radius 2 is 1.73 bits per heavy atom. The summed E-state index contributed by atoms with van der Waals surface area (Å²) in [6.07, 6.45) is 0. The summed E-state index contributed by atoms with van der Waals surface area (Å²) in [7, 11) is -3.65. The van der Waals surface area contributed by atoms with Gasteiger partial charge in [-0.05, 0) is 47.6 Å². The molecule has 3 aromatic heterocycles. The van der Waals surface area contributed by atoms with Crippen molar-refractivity contribution >= 4 is 15.8 Å². The first-order valence-corrected chi connectivity index (χ1v) is 11.3. The maximum Gasteiger partial charge on any atom is 0.244 e. The molecule has 0 aliphatic heterocycles. The van der Waals surface area contributed by atoms with Crippen molar-refractivity contribution in [2.75, 3.05) is 18.4 Å². The standard InChI is InChI=1S/C19H28N8O2S/c1-7-26-15(5)19(14(4)25-26)30(28,29)21-9-8-20-17-11-18(23-16(6)22-17)27-13(3)10-12(2)24-27/h10-11,21H,7-9H2,1-6H3,(H,20,22,23). The second kappa shape index (κ2) is 8.52. The molecular weight excluding hydrogens is 404 g/mol. The van der Waals surface area contributed by atoms with Gasteiger partial charge in [-0.3, -0.25) is 4.68 Å². The van der Waals surface area contributed by atoms with Gasteiger partial charge in [0.2, 0.25) is 10.0 Å². The van der Waals surface area contributed by atoms with Gasteiger partial charge in [0.25, 0.3) is 0 Å². The Morgan fingerprint density at radius 3 is 2.33 bits per heavy atom. The Hall–Kier alpha value is -2.79. The van der Waals surface area contributed by atoms with Crippen LogP contribution in [0, 0.1) is 34.6 Å². The van der Waals surface area contributed by atoms with E-state index in [4.69, 9.17) is 0 Å². The third-order valence-electron chi connectivity index (χ3n) is 4.66. The van der Waals surface area contributed by atoms with E-state index in [2.05, 4.69) is 30.2 Å². The van der Waals surface area contributed by atoms with E-state index in [1.807, 2.05) is 26.8 Å². The summed E-state index contributed by atoms with van der Waals surface area (Å²) >= 11 is 0. The SMILES string of the molecule is CCn1nc(C)c(S(=O)(=O)NCCNc2cc(-n3nc(C)cc3C)nc(C)n2)c1C. The van der Waals surface area contributed by atoms with Gasteiger partial charge in [-0.15, -0.1) is 0 Å². The van der Waals surface area contributed by atoms with Gasteiger partial charge in [0.15, 0.2) is 5.82 Å². The third kappa shape index (κ3) is 4.51. The van der Waals surface area contributed by atoms with Crippen molar-refractivity contribution in [3.8, 4) is 5.82 Å². The van der Waals surface area contributed by atoms with E-state index in [-0.39, 0.29) is 11.4 Å². The Balaban J connectivity index is 1.67. The molecule has 3 heterocycles. The number of nitrogens with one attached hydrogen (secondary N) is 2. The molecule has 0 spiro atoms. The average molecular weight is 433 g/mol. The maximum absolute atomic E-state index is 12.7. The van der Waals surface area contributed by atoms with Gasteiger partial charge < -0.3 is 5.32 Å². The average Bonchev–Trinajstić information content (AvgIpc) is 3.15. The molecule has 10 nitrogen and oxygen atoms in total. The lowest BCUT2D eigenvalue weighted by Gasteiger charge is -2.11. The summed E-state index contributed by atoms with van der Waals surface area (Å²) in [5.41, 5.74) is 3.01. The first kappa shape index (κ1) is 21.9. The first-order chi connectivity index (χ1) is 14.1. The van der Waals surface area contributed by atoms with Gasteiger partial charge in [0, 0.05) is 31.4 Å². The Morgan fingerprint density at radius 1 is 1.00 bits per heavy atom. The van der Waals surface area contributed by atoms with Gasteiger partial charge in [0.05, 0.1) is 17.1 Å². The molecule has 0 fully saturated rings. The van der Waals surface area contributed by atoms with E-state index in [0.717, 1.165) is 11.4 Å². The van der Waals surface area contributed by atoms with Crippen LogP contribution in [0.1, 0.15) is 35.5 Å². The fourth-order valence-electron chi connectivity index (χ4n) is 3.44. The van der Waals surface area contributed by atoms with Crippen LogP contribution in [0.15, 0.2) is 17.0 Å². The molecule has 11 heteroatoms. The lowest BCUT2D eigenvalue weighted by molar-refractivity contribution is 0.580. The molecule has 0 atom stereocenters. The quantitative estimate of drug-likeness (QED) is 0.521. The summed E-state index contributed by atoms with van der Waals surface area (Å²) < 4.78 is 31.5. The molecule has 0 aromatic carbocycles. The number of aryl methyl sites for hydroxylation is 5. The molecule has 0 aliphatic carbocycles. The zero-order chi connectivity index (χ0) is 22.1. The largest absolute Gasteiger partial charge is 0.369 e. The Bertz CT molecular complexity index is 1160. The zero-order valence-corrected chi connectivity index (χ0v) is 19.0. The van der Waals surface area contributed by atoms with E-state index in [9.17, 15) is 8.42 Å². The number of nitrogens with zero attached hydrogens (tertiary/aromatic N) is 6. The maximum atomic E-state index is 12.7. The van der Waals surface area contributed by atoms with Gasteiger partial charge in [-0.2, -0.15) is 10.2 Å². The van der Waals surface area contributed by atoms with Crippen LogP contribution in [0.4, 0.5) is 5.82 Å².